The number of halogens is 2. The molecule has 5 heteroatoms. The Balaban J connectivity index is 2.57. The van der Waals surface area contributed by atoms with E-state index in [1.807, 2.05) is 18.7 Å². The second-order valence-corrected chi connectivity index (χ2v) is 5.65. The molecule has 0 aromatic carbocycles. The van der Waals surface area contributed by atoms with Gasteiger partial charge in [0.15, 0.2) is 0 Å². The van der Waals surface area contributed by atoms with Gasteiger partial charge in [0.1, 0.15) is 0 Å². The van der Waals surface area contributed by atoms with Crippen molar-refractivity contribution in [3.05, 3.63) is 15.9 Å². The monoisotopic (exact) mass is 338 g/mol. The van der Waals surface area contributed by atoms with Crippen molar-refractivity contribution in [2.45, 2.75) is 24.6 Å². The molecule has 1 unspecified atom stereocenters. The Morgan fingerprint density at radius 2 is 2.20 bits per heavy atom. The quantitative estimate of drug-likeness (QED) is 0.771. The van der Waals surface area contributed by atoms with Crippen LogP contribution < -0.4 is 0 Å². The zero-order chi connectivity index (χ0) is 11.4. The normalized spacial score (nSPS) is 13.1. The van der Waals surface area contributed by atoms with E-state index < -0.39 is 0 Å². The minimum absolute atomic E-state index is 0.407. The number of alkyl halides is 1. The summed E-state index contributed by atoms with van der Waals surface area (Å²) in [6, 6.07) is 0. The predicted octanol–water partition coefficient (Wildman–Crippen LogP) is 2.83. The summed E-state index contributed by atoms with van der Waals surface area (Å²) < 4.78 is 8.14. The van der Waals surface area contributed by atoms with Crippen LogP contribution in [0.4, 0.5) is 0 Å². The first-order valence-electron chi connectivity index (χ1n) is 4.87. The number of ether oxygens (including phenoxy) is 1. The molecule has 0 radical (unpaired) electrons. The maximum Gasteiger partial charge on any atom is 0.0738 e. The Labute approximate surface area is 107 Å². The minimum atomic E-state index is 0.407. The molecule has 1 aromatic heterocycles. The van der Waals surface area contributed by atoms with Crippen LogP contribution in [-0.2, 0) is 18.2 Å². The Kier molecular flexibility index (Phi) is 5.29. The van der Waals surface area contributed by atoms with Gasteiger partial charge < -0.3 is 4.74 Å². The second-order valence-electron chi connectivity index (χ2n) is 3.56. The van der Waals surface area contributed by atoms with Crippen molar-refractivity contribution in [2.24, 2.45) is 7.05 Å². The highest BCUT2D eigenvalue weighted by Gasteiger charge is 2.12. The van der Waals surface area contributed by atoms with E-state index in [0.29, 0.717) is 4.83 Å². The molecule has 0 amide bonds. The van der Waals surface area contributed by atoms with Gasteiger partial charge >= 0.3 is 0 Å². The van der Waals surface area contributed by atoms with Gasteiger partial charge in [-0.1, -0.05) is 15.9 Å². The van der Waals surface area contributed by atoms with Gasteiger partial charge in [0.2, 0.25) is 0 Å². The molecule has 0 aliphatic carbocycles. The molecule has 0 fully saturated rings. The van der Waals surface area contributed by atoms with Crippen LogP contribution in [0, 0.1) is 6.92 Å². The van der Waals surface area contributed by atoms with Gasteiger partial charge in [0.05, 0.1) is 22.5 Å². The molecule has 3 nitrogen and oxygen atoms in total. The maximum atomic E-state index is 5.08. The Hall–Kier alpha value is 0.130. The number of aromatic nitrogens is 2. The van der Waals surface area contributed by atoms with Gasteiger partial charge in [0.25, 0.3) is 0 Å². The molecule has 0 bridgehead atoms. The molecule has 1 heterocycles. The molecule has 0 aliphatic rings. The summed E-state index contributed by atoms with van der Waals surface area (Å²) in [4.78, 5) is 0.407. The lowest BCUT2D eigenvalue weighted by atomic mass is 10.2. The SMILES string of the molecule is COCC(Br)CCc1c(Br)c(C)nn1C. The first-order chi connectivity index (χ1) is 7.06. The summed E-state index contributed by atoms with van der Waals surface area (Å²) in [5.74, 6) is 0. The third-order valence-electron chi connectivity index (χ3n) is 2.30. The summed E-state index contributed by atoms with van der Waals surface area (Å²) in [7, 11) is 3.70. The fourth-order valence-corrected chi connectivity index (χ4v) is 2.54. The minimum Gasteiger partial charge on any atom is -0.384 e. The van der Waals surface area contributed by atoms with Gasteiger partial charge in [-0.2, -0.15) is 5.10 Å². The van der Waals surface area contributed by atoms with E-state index >= 15 is 0 Å². The topological polar surface area (TPSA) is 27.1 Å². The number of hydrogen-bond donors (Lipinski definition) is 0. The van der Waals surface area contributed by atoms with Crippen molar-refractivity contribution in [2.75, 3.05) is 13.7 Å². The van der Waals surface area contributed by atoms with E-state index in [1.54, 1.807) is 7.11 Å². The van der Waals surface area contributed by atoms with Crippen molar-refractivity contribution >= 4 is 31.9 Å². The molecule has 86 valence electrons. The molecular weight excluding hydrogens is 324 g/mol. The Bertz CT molecular complexity index is 325. The number of methoxy groups -OCH3 is 1. The van der Waals surface area contributed by atoms with Gasteiger partial charge in [-0.25, -0.2) is 0 Å². The van der Waals surface area contributed by atoms with Crippen molar-refractivity contribution < 1.29 is 4.74 Å². The van der Waals surface area contributed by atoms with Gasteiger partial charge in [-0.3, -0.25) is 4.68 Å². The average Bonchev–Trinajstić information content (AvgIpc) is 2.40. The lowest BCUT2D eigenvalue weighted by molar-refractivity contribution is 0.198. The first kappa shape index (κ1) is 13.2. The van der Waals surface area contributed by atoms with Gasteiger partial charge in [-0.05, 0) is 35.7 Å². The molecule has 0 saturated carbocycles. The summed E-state index contributed by atoms with van der Waals surface area (Å²) in [6.07, 6.45) is 2.04. The van der Waals surface area contributed by atoms with Crippen LogP contribution in [0.5, 0.6) is 0 Å². The summed E-state index contributed by atoms with van der Waals surface area (Å²) in [5, 5.41) is 4.36. The molecule has 15 heavy (non-hydrogen) atoms. The van der Waals surface area contributed by atoms with Crippen molar-refractivity contribution in [1.82, 2.24) is 9.78 Å². The standard InChI is InChI=1S/C10H16Br2N2O/c1-7-10(12)9(14(2)13-7)5-4-8(11)6-15-3/h8H,4-6H2,1-3H3. The van der Waals surface area contributed by atoms with Crippen LogP contribution in [0.3, 0.4) is 0 Å². The van der Waals surface area contributed by atoms with E-state index in [2.05, 4.69) is 37.0 Å². The van der Waals surface area contributed by atoms with Crippen LogP contribution >= 0.6 is 31.9 Å². The predicted molar refractivity (Wildman–Crippen MR) is 68.6 cm³/mol. The van der Waals surface area contributed by atoms with Crippen LogP contribution in [0.1, 0.15) is 17.8 Å². The zero-order valence-electron chi connectivity index (χ0n) is 9.26. The molecule has 0 aliphatic heterocycles. The second kappa shape index (κ2) is 6.01. The summed E-state index contributed by atoms with van der Waals surface area (Å²) in [6.45, 7) is 2.75. The molecule has 0 N–H and O–H groups in total. The van der Waals surface area contributed by atoms with Crippen LogP contribution in [0.25, 0.3) is 0 Å². The highest BCUT2D eigenvalue weighted by atomic mass is 79.9. The van der Waals surface area contributed by atoms with E-state index in [1.165, 1.54) is 5.69 Å². The molecule has 1 rings (SSSR count). The number of aryl methyl sites for hydroxylation is 2. The van der Waals surface area contributed by atoms with Crippen molar-refractivity contribution in [3.8, 4) is 0 Å². The highest BCUT2D eigenvalue weighted by Crippen LogP contribution is 2.22. The van der Waals surface area contributed by atoms with E-state index in [0.717, 1.165) is 29.6 Å². The van der Waals surface area contributed by atoms with Gasteiger partial charge in [0, 0.05) is 19.0 Å². The largest absolute Gasteiger partial charge is 0.384 e. The molecule has 1 aromatic rings. The molecule has 0 saturated heterocycles. The van der Waals surface area contributed by atoms with Crippen molar-refractivity contribution in [3.63, 3.8) is 0 Å². The molecule has 0 spiro atoms. The smallest absolute Gasteiger partial charge is 0.0738 e. The fraction of sp³-hybridized carbons (Fsp3) is 0.700. The first-order valence-corrected chi connectivity index (χ1v) is 6.58. The zero-order valence-corrected chi connectivity index (χ0v) is 12.4. The summed E-state index contributed by atoms with van der Waals surface area (Å²) >= 11 is 7.14. The highest BCUT2D eigenvalue weighted by molar-refractivity contribution is 9.10. The van der Waals surface area contributed by atoms with E-state index in [4.69, 9.17) is 4.74 Å². The molecule has 1 atom stereocenters. The van der Waals surface area contributed by atoms with E-state index in [9.17, 15) is 0 Å². The lowest BCUT2D eigenvalue weighted by Gasteiger charge is -2.08. The Morgan fingerprint density at radius 1 is 1.53 bits per heavy atom. The third kappa shape index (κ3) is 3.57. The number of nitrogens with zero attached hydrogens (tertiary/aromatic N) is 2. The maximum absolute atomic E-state index is 5.08. The third-order valence-corrected chi connectivity index (χ3v) is 4.06. The Morgan fingerprint density at radius 3 is 2.67 bits per heavy atom. The average molecular weight is 340 g/mol. The van der Waals surface area contributed by atoms with Gasteiger partial charge in [-0.15, -0.1) is 0 Å². The fourth-order valence-electron chi connectivity index (χ4n) is 1.51. The number of hydrogen-bond acceptors (Lipinski definition) is 2. The number of rotatable bonds is 5. The van der Waals surface area contributed by atoms with Crippen molar-refractivity contribution in [1.29, 1.82) is 0 Å². The molecular formula is C10H16Br2N2O. The van der Waals surface area contributed by atoms with E-state index in [-0.39, 0.29) is 0 Å². The summed E-state index contributed by atoms with van der Waals surface area (Å²) in [5.41, 5.74) is 2.29. The van der Waals surface area contributed by atoms with Crippen LogP contribution in [0.15, 0.2) is 4.47 Å². The van der Waals surface area contributed by atoms with Crippen LogP contribution in [0.2, 0.25) is 0 Å². The van der Waals surface area contributed by atoms with Crippen LogP contribution in [-0.4, -0.2) is 28.3 Å². The lowest BCUT2D eigenvalue weighted by Crippen LogP contribution is -2.09.